The maximum Gasteiger partial charge on any atom is 0.319 e. The maximum absolute atomic E-state index is 12.2. The average Bonchev–Trinajstić information content (AvgIpc) is 3.08. The molecule has 0 saturated carbocycles. The van der Waals surface area contributed by atoms with Gasteiger partial charge in [-0.2, -0.15) is 0 Å². The molecule has 0 aromatic heterocycles. The third-order valence-electron chi connectivity index (χ3n) is 4.64. The Kier molecular flexibility index (Phi) is 6.44. The van der Waals surface area contributed by atoms with Gasteiger partial charge in [-0.1, -0.05) is 42.5 Å². The maximum atomic E-state index is 12.2. The molecule has 6 heteroatoms. The van der Waals surface area contributed by atoms with Crippen LogP contribution in [-0.2, 0) is 17.8 Å². The second kappa shape index (κ2) is 9.19. The van der Waals surface area contributed by atoms with Gasteiger partial charge in [0, 0.05) is 25.2 Å². The molecule has 1 unspecified atom stereocenters. The van der Waals surface area contributed by atoms with E-state index in [0.29, 0.717) is 25.1 Å². The van der Waals surface area contributed by atoms with E-state index in [4.69, 9.17) is 0 Å². The van der Waals surface area contributed by atoms with Crippen molar-refractivity contribution in [2.75, 3.05) is 18.5 Å². The van der Waals surface area contributed by atoms with E-state index in [9.17, 15) is 14.7 Å². The summed E-state index contributed by atoms with van der Waals surface area (Å²) in [7, 11) is 0. The number of aliphatic hydroxyl groups is 1. The third-order valence-corrected chi connectivity index (χ3v) is 4.64. The molecule has 6 nitrogen and oxygen atoms in total. The average molecular weight is 367 g/mol. The molecule has 0 radical (unpaired) electrons. The van der Waals surface area contributed by atoms with Crippen molar-refractivity contribution < 1.29 is 14.7 Å². The number of aliphatic hydroxyl groups excluding tert-OH is 1. The molecule has 2 aromatic rings. The lowest BCUT2D eigenvalue weighted by Crippen LogP contribution is -2.41. The number of amides is 3. The lowest BCUT2D eigenvalue weighted by molar-refractivity contribution is -0.128. The highest BCUT2D eigenvalue weighted by atomic mass is 16.3. The highest BCUT2D eigenvalue weighted by molar-refractivity contribution is 5.89. The second-order valence-electron chi connectivity index (χ2n) is 6.78. The Labute approximate surface area is 159 Å². The first kappa shape index (κ1) is 18.9. The molecule has 3 amide bonds. The molecule has 1 fully saturated rings. The molecule has 2 aromatic carbocycles. The van der Waals surface area contributed by atoms with Crippen LogP contribution in [0.3, 0.4) is 0 Å². The molecule has 1 saturated heterocycles. The van der Waals surface area contributed by atoms with Crippen LogP contribution in [0.5, 0.6) is 0 Å². The van der Waals surface area contributed by atoms with Crippen molar-refractivity contribution in [1.29, 1.82) is 0 Å². The van der Waals surface area contributed by atoms with Crippen LogP contribution in [-0.4, -0.2) is 41.1 Å². The fourth-order valence-corrected chi connectivity index (χ4v) is 3.20. The predicted octanol–water partition coefficient (Wildman–Crippen LogP) is 2.53. The van der Waals surface area contributed by atoms with Crippen LogP contribution in [0.2, 0.25) is 0 Å². The summed E-state index contributed by atoms with van der Waals surface area (Å²) < 4.78 is 0. The highest BCUT2D eigenvalue weighted by Crippen LogP contribution is 2.16. The van der Waals surface area contributed by atoms with Gasteiger partial charge < -0.3 is 20.6 Å². The Bertz CT molecular complexity index is 762. The summed E-state index contributed by atoms with van der Waals surface area (Å²) in [5.41, 5.74) is 2.76. The first-order valence-electron chi connectivity index (χ1n) is 9.23. The number of nitrogens with zero attached hydrogens (tertiary/aromatic N) is 1. The Hall–Kier alpha value is -2.86. The molecule has 27 heavy (non-hydrogen) atoms. The number of nitrogens with one attached hydrogen (secondary N) is 2. The molecule has 1 atom stereocenters. The van der Waals surface area contributed by atoms with Crippen LogP contribution >= 0.6 is 0 Å². The number of carbonyl (C=O) groups excluding carboxylic acids is 2. The SMILES string of the molecule is O=C(Nc1ccc(CN2CCCC2=O)cc1)NC(CO)Cc1ccccc1. The lowest BCUT2D eigenvalue weighted by atomic mass is 10.1. The molecule has 1 aliphatic rings. The van der Waals surface area contributed by atoms with E-state index >= 15 is 0 Å². The molecule has 0 bridgehead atoms. The fourth-order valence-electron chi connectivity index (χ4n) is 3.20. The van der Waals surface area contributed by atoms with Gasteiger partial charge in [0.15, 0.2) is 0 Å². The van der Waals surface area contributed by atoms with Crippen molar-refractivity contribution in [3.8, 4) is 0 Å². The molecule has 0 aliphatic carbocycles. The zero-order valence-electron chi connectivity index (χ0n) is 15.2. The smallest absolute Gasteiger partial charge is 0.319 e. The molecular weight excluding hydrogens is 342 g/mol. The van der Waals surface area contributed by atoms with E-state index < -0.39 is 0 Å². The summed E-state index contributed by atoms with van der Waals surface area (Å²) in [6, 6.07) is 16.5. The molecule has 1 heterocycles. The minimum atomic E-state index is -0.354. The normalized spacial score (nSPS) is 14.9. The molecular formula is C21H25N3O3. The van der Waals surface area contributed by atoms with Crippen LogP contribution in [0.4, 0.5) is 10.5 Å². The van der Waals surface area contributed by atoms with Crippen molar-refractivity contribution in [3.63, 3.8) is 0 Å². The van der Waals surface area contributed by atoms with Crippen LogP contribution in [0, 0.1) is 0 Å². The zero-order valence-corrected chi connectivity index (χ0v) is 15.2. The van der Waals surface area contributed by atoms with Gasteiger partial charge in [0.1, 0.15) is 0 Å². The van der Waals surface area contributed by atoms with Gasteiger partial charge in [-0.25, -0.2) is 4.79 Å². The molecule has 3 N–H and O–H groups in total. The number of likely N-dealkylation sites (tertiary alicyclic amines) is 1. The van der Waals surface area contributed by atoms with E-state index in [2.05, 4.69) is 10.6 Å². The molecule has 1 aliphatic heterocycles. The van der Waals surface area contributed by atoms with E-state index in [1.807, 2.05) is 59.5 Å². The van der Waals surface area contributed by atoms with Crippen molar-refractivity contribution >= 4 is 17.6 Å². The molecule has 3 rings (SSSR count). The molecule has 0 spiro atoms. The van der Waals surface area contributed by atoms with Crippen molar-refractivity contribution in [3.05, 3.63) is 65.7 Å². The summed E-state index contributed by atoms with van der Waals surface area (Å²) in [5, 5.41) is 15.1. The summed E-state index contributed by atoms with van der Waals surface area (Å²) in [6.45, 7) is 1.28. The van der Waals surface area contributed by atoms with Crippen molar-refractivity contribution in [2.24, 2.45) is 0 Å². The standard InChI is InChI=1S/C21H25N3O3/c25-15-19(13-16-5-2-1-3-6-16)23-21(27)22-18-10-8-17(9-11-18)14-24-12-4-7-20(24)26/h1-3,5-6,8-11,19,25H,4,7,12-15H2,(H2,22,23,27). The van der Waals surface area contributed by atoms with Crippen LogP contribution in [0.15, 0.2) is 54.6 Å². The van der Waals surface area contributed by atoms with E-state index in [0.717, 1.165) is 24.1 Å². The van der Waals surface area contributed by atoms with Crippen LogP contribution < -0.4 is 10.6 Å². The van der Waals surface area contributed by atoms with E-state index in [1.165, 1.54) is 0 Å². The number of hydrogen-bond acceptors (Lipinski definition) is 3. The van der Waals surface area contributed by atoms with Crippen LogP contribution in [0.25, 0.3) is 0 Å². The number of anilines is 1. The third kappa shape index (κ3) is 5.56. The van der Waals surface area contributed by atoms with Gasteiger partial charge in [-0.15, -0.1) is 0 Å². The van der Waals surface area contributed by atoms with Gasteiger partial charge >= 0.3 is 6.03 Å². The van der Waals surface area contributed by atoms with Gasteiger partial charge in [-0.05, 0) is 36.1 Å². The van der Waals surface area contributed by atoms with Gasteiger partial charge in [0.2, 0.25) is 5.91 Å². The quantitative estimate of drug-likeness (QED) is 0.703. The first-order valence-corrected chi connectivity index (χ1v) is 9.23. The Balaban J connectivity index is 1.50. The summed E-state index contributed by atoms with van der Waals surface area (Å²) in [5.74, 6) is 0.199. The van der Waals surface area contributed by atoms with Crippen molar-refractivity contribution in [1.82, 2.24) is 10.2 Å². The largest absolute Gasteiger partial charge is 0.394 e. The van der Waals surface area contributed by atoms with E-state index in [1.54, 1.807) is 0 Å². The fraction of sp³-hybridized carbons (Fsp3) is 0.333. The van der Waals surface area contributed by atoms with Gasteiger partial charge in [0.05, 0.1) is 12.6 Å². The topological polar surface area (TPSA) is 81.7 Å². The summed E-state index contributed by atoms with van der Waals surface area (Å²) >= 11 is 0. The monoisotopic (exact) mass is 367 g/mol. The number of hydrogen-bond donors (Lipinski definition) is 3. The number of carbonyl (C=O) groups is 2. The number of rotatable bonds is 7. The second-order valence-corrected chi connectivity index (χ2v) is 6.78. The summed E-state index contributed by atoms with van der Waals surface area (Å²) in [6.07, 6.45) is 2.12. The summed E-state index contributed by atoms with van der Waals surface area (Å²) in [4.78, 5) is 25.7. The van der Waals surface area contributed by atoms with Crippen molar-refractivity contribution in [2.45, 2.75) is 31.8 Å². The lowest BCUT2D eigenvalue weighted by Gasteiger charge is -2.18. The first-order chi connectivity index (χ1) is 13.1. The Morgan fingerprint density at radius 3 is 2.44 bits per heavy atom. The number of benzene rings is 2. The highest BCUT2D eigenvalue weighted by Gasteiger charge is 2.19. The van der Waals surface area contributed by atoms with E-state index in [-0.39, 0.29) is 24.6 Å². The zero-order chi connectivity index (χ0) is 19.1. The Morgan fingerprint density at radius 1 is 1.07 bits per heavy atom. The number of urea groups is 1. The van der Waals surface area contributed by atoms with Gasteiger partial charge in [0.25, 0.3) is 0 Å². The minimum Gasteiger partial charge on any atom is -0.394 e. The van der Waals surface area contributed by atoms with Gasteiger partial charge in [-0.3, -0.25) is 4.79 Å². The molecule has 142 valence electrons. The Morgan fingerprint density at radius 2 is 1.81 bits per heavy atom. The minimum absolute atomic E-state index is 0.134. The van der Waals surface area contributed by atoms with Crippen LogP contribution in [0.1, 0.15) is 24.0 Å². The predicted molar refractivity (Wildman–Crippen MR) is 104 cm³/mol.